The van der Waals surface area contributed by atoms with E-state index in [1.165, 1.54) is 0 Å². The van der Waals surface area contributed by atoms with Crippen LogP contribution in [-0.4, -0.2) is 42.9 Å². The van der Waals surface area contributed by atoms with Gasteiger partial charge in [0.2, 0.25) is 11.8 Å². The number of amides is 2. The second kappa shape index (κ2) is 11.9. The standard InChI is InChI=1S/C25H31N3O2/c29-24-20-23(22-12-5-2-6-13-22)26-16-7-8-18-28(19-9-17-27-24)25(30)15-14-21-10-3-1-4-11-21/h1-6,10-15,23,26H,7-9,16-20H2,(H,27,29)/b15-14-/t23-/m0/s1. The number of rotatable bonds is 3. The van der Waals surface area contributed by atoms with Gasteiger partial charge in [0.1, 0.15) is 0 Å². The summed E-state index contributed by atoms with van der Waals surface area (Å²) in [5, 5.41) is 6.52. The first-order valence-electron chi connectivity index (χ1n) is 10.8. The summed E-state index contributed by atoms with van der Waals surface area (Å²) in [7, 11) is 0. The van der Waals surface area contributed by atoms with Crippen LogP contribution in [0.3, 0.4) is 0 Å². The first-order chi connectivity index (χ1) is 14.7. The number of carbonyl (C=O) groups is 2. The highest BCUT2D eigenvalue weighted by molar-refractivity contribution is 5.91. The summed E-state index contributed by atoms with van der Waals surface area (Å²) in [6.45, 7) is 2.76. The highest BCUT2D eigenvalue weighted by atomic mass is 16.2. The van der Waals surface area contributed by atoms with Crippen LogP contribution < -0.4 is 10.6 Å². The zero-order chi connectivity index (χ0) is 21.0. The van der Waals surface area contributed by atoms with Crippen LogP contribution in [0.15, 0.2) is 66.7 Å². The van der Waals surface area contributed by atoms with E-state index in [1.54, 1.807) is 6.08 Å². The Balaban J connectivity index is 1.58. The Bertz CT molecular complexity index is 821. The molecule has 5 heteroatoms. The SMILES string of the molecule is O=C1C[C@@H](c2ccccc2)NCCCCN(C(=O)/C=C\c2ccccc2)CCCN1. The van der Waals surface area contributed by atoms with Gasteiger partial charge in [0.05, 0.1) is 0 Å². The molecule has 0 aliphatic carbocycles. The number of carbonyl (C=O) groups excluding carboxylic acids is 2. The molecule has 0 bridgehead atoms. The largest absolute Gasteiger partial charge is 0.356 e. The Labute approximate surface area is 179 Å². The van der Waals surface area contributed by atoms with E-state index in [0.717, 1.165) is 43.5 Å². The number of benzene rings is 2. The first-order valence-corrected chi connectivity index (χ1v) is 10.8. The zero-order valence-electron chi connectivity index (χ0n) is 17.4. The maximum atomic E-state index is 12.7. The van der Waals surface area contributed by atoms with Gasteiger partial charge in [-0.05, 0) is 43.0 Å². The summed E-state index contributed by atoms with van der Waals surface area (Å²) < 4.78 is 0. The third-order valence-corrected chi connectivity index (χ3v) is 5.29. The van der Waals surface area contributed by atoms with Gasteiger partial charge in [-0.15, -0.1) is 0 Å². The fourth-order valence-electron chi connectivity index (χ4n) is 3.62. The third-order valence-electron chi connectivity index (χ3n) is 5.29. The van der Waals surface area contributed by atoms with Crippen LogP contribution >= 0.6 is 0 Å². The molecule has 0 radical (unpaired) electrons. The summed E-state index contributed by atoms with van der Waals surface area (Å²) in [5.74, 6) is 0.0626. The van der Waals surface area contributed by atoms with Crippen molar-refractivity contribution in [2.45, 2.75) is 31.7 Å². The van der Waals surface area contributed by atoms with E-state index < -0.39 is 0 Å². The minimum Gasteiger partial charge on any atom is -0.356 e. The van der Waals surface area contributed by atoms with Gasteiger partial charge >= 0.3 is 0 Å². The van der Waals surface area contributed by atoms with Crippen molar-refractivity contribution in [1.29, 1.82) is 0 Å². The lowest BCUT2D eigenvalue weighted by Gasteiger charge is -2.21. The molecule has 2 amide bonds. The molecule has 2 aromatic carbocycles. The van der Waals surface area contributed by atoms with Gasteiger partial charge in [-0.25, -0.2) is 0 Å². The Morgan fingerprint density at radius 1 is 0.900 bits per heavy atom. The Hall–Kier alpha value is -2.92. The predicted molar refractivity (Wildman–Crippen MR) is 121 cm³/mol. The molecule has 2 aromatic rings. The van der Waals surface area contributed by atoms with Crippen LogP contribution in [0.1, 0.15) is 42.9 Å². The number of nitrogens with one attached hydrogen (secondary N) is 2. The molecule has 2 N–H and O–H groups in total. The molecule has 0 aromatic heterocycles. The second-order valence-corrected chi connectivity index (χ2v) is 7.60. The van der Waals surface area contributed by atoms with Crippen molar-refractivity contribution in [2.24, 2.45) is 0 Å². The molecule has 1 saturated heterocycles. The lowest BCUT2D eigenvalue weighted by atomic mass is 10.0. The normalized spacial score (nSPS) is 19.4. The maximum Gasteiger partial charge on any atom is 0.246 e. The van der Waals surface area contributed by atoms with E-state index in [9.17, 15) is 9.59 Å². The monoisotopic (exact) mass is 405 g/mol. The molecular formula is C25H31N3O2. The van der Waals surface area contributed by atoms with E-state index in [2.05, 4.69) is 22.8 Å². The summed E-state index contributed by atoms with van der Waals surface area (Å²) in [6.07, 6.45) is 6.57. The molecular weight excluding hydrogens is 374 g/mol. The van der Waals surface area contributed by atoms with Crippen molar-refractivity contribution >= 4 is 17.9 Å². The molecule has 1 heterocycles. The fraction of sp³-hybridized carbons (Fsp3) is 0.360. The van der Waals surface area contributed by atoms with Crippen molar-refractivity contribution in [3.05, 3.63) is 77.9 Å². The van der Waals surface area contributed by atoms with Crippen molar-refractivity contribution < 1.29 is 9.59 Å². The van der Waals surface area contributed by atoms with Crippen molar-refractivity contribution in [3.8, 4) is 0 Å². The summed E-state index contributed by atoms with van der Waals surface area (Å²) in [4.78, 5) is 27.0. The van der Waals surface area contributed by atoms with E-state index in [-0.39, 0.29) is 17.9 Å². The lowest BCUT2D eigenvalue weighted by molar-refractivity contribution is -0.126. The van der Waals surface area contributed by atoms with Gasteiger partial charge in [-0.3, -0.25) is 9.59 Å². The maximum absolute atomic E-state index is 12.7. The zero-order valence-corrected chi connectivity index (χ0v) is 17.4. The Morgan fingerprint density at radius 3 is 2.37 bits per heavy atom. The van der Waals surface area contributed by atoms with Crippen molar-refractivity contribution in [3.63, 3.8) is 0 Å². The molecule has 30 heavy (non-hydrogen) atoms. The van der Waals surface area contributed by atoms with Gasteiger partial charge < -0.3 is 15.5 Å². The van der Waals surface area contributed by atoms with E-state index in [4.69, 9.17) is 0 Å². The van der Waals surface area contributed by atoms with Crippen LogP contribution in [0, 0.1) is 0 Å². The molecule has 158 valence electrons. The first kappa shape index (κ1) is 21.8. The van der Waals surface area contributed by atoms with Crippen LogP contribution in [-0.2, 0) is 9.59 Å². The van der Waals surface area contributed by atoms with Gasteiger partial charge in [0.15, 0.2) is 0 Å². The Morgan fingerprint density at radius 2 is 1.60 bits per heavy atom. The minimum atomic E-state index is 0.0125. The molecule has 0 unspecified atom stereocenters. The number of hydrogen-bond donors (Lipinski definition) is 2. The van der Waals surface area contributed by atoms with Crippen LogP contribution in [0.5, 0.6) is 0 Å². The van der Waals surface area contributed by atoms with Crippen LogP contribution in [0.2, 0.25) is 0 Å². The van der Waals surface area contributed by atoms with Crippen LogP contribution in [0.25, 0.3) is 6.08 Å². The van der Waals surface area contributed by atoms with Gasteiger partial charge in [0, 0.05) is 38.2 Å². The van der Waals surface area contributed by atoms with Crippen molar-refractivity contribution in [2.75, 3.05) is 26.2 Å². The van der Waals surface area contributed by atoms with E-state index >= 15 is 0 Å². The van der Waals surface area contributed by atoms with Gasteiger partial charge in [-0.2, -0.15) is 0 Å². The summed E-state index contributed by atoms with van der Waals surface area (Å²) in [5.41, 5.74) is 2.14. The average molecular weight is 406 g/mol. The quantitative estimate of drug-likeness (QED) is 0.768. The van der Waals surface area contributed by atoms with Crippen LogP contribution in [0.4, 0.5) is 0 Å². The van der Waals surface area contributed by atoms with E-state index in [1.807, 2.05) is 59.5 Å². The number of nitrogens with zero attached hydrogens (tertiary/aromatic N) is 1. The minimum absolute atomic E-state index is 0.0125. The molecule has 0 saturated carbocycles. The third kappa shape index (κ3) is 7.16. The molecule has 5 nitrogen and oxygen atoms in total. The molecule has 3 rings (SSSR count). The molecule has 1 aliphatic rings. The average Bonchev–Trinajstić information content (AvgIpc) is 2.80. The second-order valence-electron chi connectivity index (χ2n) is 7.60. The van der Waals surface area contributed by atoms with E-state index in [0.29, 0.717) is 19.5 Å². The molecule has 1 atom stereocenters. The van der Waals surface area contributed by atoms with Gasteiger partial charge in [0.25, 0.3) is 0 Å². The van der Waals surface area contributed by atoms with Gasteiger partial charge in [-0.1, -0.05) is 60.7 Å². The lowest BCUT2D eigenvalue weighted by Crippen LogP contribution is -2.34. The predicted octanol–water partition coefficient (Wildman–Crippen LogP) is 3.55. The number of hydrogen-bond acceptors (Lipinski definition) is 3. The summed E-state index contributed by atoms with van der Waals surface area (Å²) >= 11 is 0. The van der Waals surface area contributed by atoms with Crippen molar-refractivity contribution in [1.82, 2.24) is 15.5 Å². The summed E-state index contributed by atoms with van der Waals surface area (Å²) in [6, 6.07) is 20.0. The fourth-order valence-corrected chi connectivity index (χ4v) is 3.62. The highest BCUT2D eigenvalue weighted by Crippen LogP contribution is 2.17. The molecule has 1 fully saturated rings. The molecule has 0 spiro atoms. The molecule has 1 aliphatic heterocycles. The topological polar surface area (TPSA) is 61.4 Å². The Kier molecular flexibility index (Phi) is 8.66. The smallest absolute Gasteiger partial charge is 0.246 e. The highest BCUT2D eigenvalue weighted by Gasteiger charge is 2.17.